The van der Waals surface area contributed by atoms with Crippen LogP contribution in [0.4, 0.5) is 0 Å². The average molecular weight is 298 g/mol. The SMILES string of the molecule is COc1cc(CN2CC3(COC3)C2)ccc1Br. The van der Waals surface area contributed by atoms with Gasteiger partial charge in [-0.25, -0.2) is 0 Å². The smallest absolute Gasteiger partial charge is 0.133 e. The monoisotopic (exact) mass is 297 g/mol. The predicted octanol–water partition coefficient (Wildman–Crippen LogP) is 2.29. The Hall–Kier alpha value is -0.580. The third kappa shape index (κ3) is 2.09. The highest BCUT2D eigenvalue weighted by molar-refractivity contribution is 9.10. The molecule has 4 heteroatoms. The number of likely N-dealkylation sites (tertiary alicyclic amines) is 1. The lowest BCUT2D eigenvalue weighted by molar-refractivity contribution is -0.191. The minimum Gasteiger partial charge on any atom is -0.496 e. The van der Waals surface area contributed by atoms with Gasteiger partial charge in [0.15, 0.2) is 0 Å². The summed E-state index contributed by atoms with van der Waals surface area (Å²) in [6.45, 7) is 5.25. The molecule has 3 nitrogen and oxygen atoms in total. The molecule has 0 N–H and O–H groups in total. The summed E-state index contributed by atoms with van der Waals surface area (Å²) in [5, 5.41) is 0. The largest absolute Gasteiger partial charge is 0.496 e. The Morgan fingerprint density at radius 2 is 2.18 bits per heavy atom. The topological polar surface area (TPSA) is 21.7 Å². The molecule has 0 bridgehead atoms. The minimum atomic E-state index is 0.499. The fourth-order valence-electron chi connectivity index (χ4n) is 2.65. The van der Waals surface area contributed by atoms with Gasteiger partial charge in [-0.1, -0.05) is 6.07 Å². The van der Waals surface area contributed by atoms with E-state index >= 15 is 0 Å². The van der Waals surface area contributed by atoms with Gasteiger partial charge in [-0.15, -0.1) is 0 Å². The van der Waals surface area contributed by atoms with Crippen LogP contribution < -0.4 is 4.74 Å². The number of benzene rings is 1. The Morgan fingerprint density at radius 3 is 2.76 bits per heavy atom. The second-order valence-corrected chi connectivity index (χ2v) is 5.96. The first-order valence-corrected chi connectivity index (χ1v) is 6.63. The van der Waals surface area contributed by atoms with E-state index in [9.17, 15) is 0 Å². The van der Waals surface area contributed by atoms with Crippen LogP contribution in [0.3, 0.4) is 0 Å². The lowest BCUT2D eigenvalue weighted by atomic mass is 9.78. The lowest BCUT2D eigenvalue weighted by Gasteiger charge is -2.55. The quantitative estimate of drug-likeness (QED) is 0.854. The van der Waals surface area contributed by atoms with E-state index in [4.69, 9.17) is 9.47 Å². The first-order chi connectivity index (χ1) is 8.21. The maximum absolute atomic E-state index is 5.31. The molecule has 2 aliphatic rings. The highest BCUT2D eigenvalue weighted by Crippen LogP contribution is 2.38. The molecule has 0 aromatic heterocycles. The summed E-state index contributed by atoms with van der Waals surface area (Å²) in [7, 11) is 1.70. The van der Waals surface area contributed by atoms with Crippen molar-refractivity contribution < 1.29 is 9.47 Å². The average Bonchev–Trinajstić information content (AvgIpc) is 2.22. The zero-order chi connectivity index (χ0) is 11.9. The molecule has 2 saturated heterocycles. The van der Waals surface area contributed by atoms with Crippen LogP contribution in [-0.4, -0.2) is 38.3 Å². The van der Waals surface area contributed by atoms with Gasteiger partial charge in [0, 0.05) is 25.0 Å². The number of ether oxygens (including phenoxy) is 2. The summed E-state index contributed by atoms with van der Waals surface area (Å²) in [5.41, 5.74) is 1.81. The molecule has 0 amide bonds. The third-order valence-electron chi connectivity index (χ3n) is 3.56. The van der Waals surface area contributed by atoms with Crippen molar-refractivity contribution in [1.82, 2.24) is 4.90 Å². The van der Waals surface area contributed by atoms with Gasteiger partial charge in [-0.2, -0.15) is 0 Å². The summed E-state index contributed by atoms with van der Waals surface area (Å²) in [6.07, 6.45) is 0. The molecule has 1 aromatic carbocycles. The fraction of sp³-hybridized carbons (Fsp3) is 0.538. The van der Waals surface area contributed by atoms with E-state index in [1.54, 1.807) is 7.11 Å². The number of nitrogens with zero attached hydrogens (tertiary/aromatic N) is 1. The zero-order valence-electron chi connectivity index (χ0n) is 9.91. The number of halogens is 1. The molecule has 1 aromatic rings. The Balaban J connectivity index is 1.62. The van der Waals surface area contributed by atoms with Gasteiger partial charge < -0.3 is 9.47 Å². The van der Waals surface area contributed by atoms with Crippen LogP contribution in [0, 0.1) is 5.41 Å². The van der Waals surface area contributed by atoms with Crippen molar-refractivity contribution >= 4 is 15.9 Å². The van der Waals surface area contributed by atoms with Gasteiger partial charge in [0.1, 0.15) is 5.75 Å². The van der Waals surface area contributed by atoms with Crippen LogP contribution in [-0.2, 0) is 11.3 Å². The maximum atomic E-state index is 5.31. The predicted molar refractivity (Wildman–Crippen MR) is 69.2 cm³/mol. The summed E-state index contributed by atoms with van der Waals surface area (Å²) in [4.78, 5) is 2.46. The molecule has 2 fully saturated rings. The van der Waals surface area contributed by atoms with Gasteiger partial charge in [0.05, 0.1) is 24.8 Å². The van der Waals surface area contributed by atoms with E-state index < -0.39 is 0 Å². The van der Waals surface area contributed by atoms with E-state index in [2.05, 4.69) is 39.0 Å². The molecule has 0 saturated carbocycles. The second-order valence-electron chi connectivity index (χ2n) is 5.11. The Bertz CT molecular complexity index is 423. The molecule has 0 aliphatic carbocycles. The number of hydrogen-bond acceptors (Lipinski definition) is 3. The number of rotatable bonds is 3. The second kappa shape index (κ2) is 4.26. The van der Waals surface area contributed by atoms with Crippen molar-refractivity contribution in [2.24, 2.45) is 5.41 Å². The van der Waals surface area contributed by atoms with E-state index in [1.165, 1.54) is 18.7 Å². The van der Waals surface area contributed by atoms with Crippen molar-refractivity contribution in [3.05, 3.63) is 28.2 Å². The molecule has 92 valence electrons. The third-order valence-corrected chi connectivity index (χ3v) is 4.21. The summed E-state index contributed by atoms with van der Waals surface area (Å²) >= 11 is 3.47. The molecule has 0 atom stereocenters. The normalized spacial score (nSPS) is 22.0. The van der Waals surface area contributed by atoms with Crippen LogP contribution in [0.2, 0.25) is 0 Å². The van der Waals surface area contributed by atoms with Crippen LogP contribution in [0.15, 0.2) is 22.7 Å². The van der Waals surface area contributed by atoms with Gasteiger partial charge in [-0.3, -0.25) is 4.90 Å². The van der Waals surface area contributed by atoms with Crippen molar-refractivity contribution in [3.63, 3.8) is 0 Å². The zero-order valence-corrected chi connectivity index (χ0v) is 11.5. The molecule has 1 spiro atoms. The van der Waals surface area contributed by atoms with Crippen LogP contribution in [0.5, 0.6) is 5.75 Å². The summed E-state index contributed by atoms with van der Waals surface area (Å²) < 4.78 is 11.6. The molecule has 17 heavy (non-hydrogen) atoms. The van der Waals surface area contributed by atoms with Crippen LogP contribution in [0.1, 0.15) is 5.56 Å². The number of hydrogen-bond donors (Lipinski definition) is 0. The molecular weight excluding hydrogens is 282 g/mol. The molecule has 0 radical (unpaired) electrons. The Labute approximate surface area is 110 Å². The first-order valence-electron chi connectivity index (χ1n) is 5.83. The van der Waals surface area contributed by atoms with E-state index in [-0.39, 0.29) is 0 Å². The molecule has 2 heterocycles. The van der Waals surface area contributed by atoms with Gasteiger partial charge in [-0.05, 0) is 33.6 Å². The highest BCUT2D eigenvalue weighted by atomic mass is 79.9. The van der Waals surface area contributed by atoms with Crippen LogP contribution in [0.25, 0.3) is 0 Å². The van der Waals surface area contributed by atoms with Crippen molar-refractivity contribution in [2.45, 2.75) is 6.54 Å². The van der Waals surface area contributed by atoms with Crippen LogP contribution >= 0.6 is 15.9 Å². The van der Waals surface area contributed by atoms with Gasteiger partial charge in [0.25, 0.3) is 0 Å². The molecule has 2 aliphatic heterocycles. The van der Waals surface area contributed by atoms with E-state index in [0.29, 0.717) is 5.41 Å². The Kier molecular flexibility index (Phi) is 2.89. The van der Waals surface area contributed by atoms with E-state index in [1.807, 2.05) is 0 Å². The van der Waals surface area contributed by atoms with Gasteiger partial charge >= 0.3 is 0 Å². The summed E-state index contributed by atoms with van der Waals surface area (Å²) in [5.74, 6) is 0.907. The maximum Gasteiger partial charge on any atom is 0.133 e. The standard InChI is InChI=1S/C13H16BrNO2/c1-16-12-4-10(2-3-11(12)14)5-15-6-13(7-15)8-17-9-13/h2-4H,5-9H2,1H3. The summed E-state index contributed by atoms with van der Waals surface area (Å²) in [6, 6.07) is 6.30. The Morgan fingerprint density at radius 1 is 1.41 bits per heavy atom. The first kappa shape index (κ1) is 11.5. The highest BCUT2D eigenvalue weighted by Gasteiger charge is 2.48. The van der Waals surface area contributed by atoms with Crippen molar-refractivity contribution in [1.29, 1.82) is 0 Å². The van der Waals surface area contributed by atoms with E-state index in [0.717, 1.165) is 30.0 Å². The molecular formula is C13H16BrNO2. The van der Waals surface area contributed by atoms with Gasteiger partial charge in [0.2, 0.25) is 0 Å². The fourth-order valence-corrected chi connectivity index (χ4v) is 3.06. The van der Waals surface area contributed by atoms with Crippen molar-refractivity contribution in [2.75, 3.05) is 33.4 Å². The molecule has 0 unspecified atom stereocenters. The number of methoxy groups -OCH3 is 1. The van der Waals surface area contributed by atoms with Crippen molar-refractivity contribution in [3.8, 4) is 5.75 Å². The molecule has 3 rings (SSSR count). The minimum absolute atomic E-state index is 0.499. The lowest BCUT2D eigenvalue weighted by Crippen LogP contribution is -2.65.